The van der Waals surface area contributed by atoms with Crippen molar-refractivity contribution in [2.45, 2.75) is 64.0 Å². The van der Waals surface area contributed by atoms with Crippen LogP contribution in [0.5, 0.6) is 0 Å². The van der Waals surface area contributed by atoms with Gasteiger partial charge in [0, 0.05) is 0 Å². The SMILES string of the molecule is CC(C)C(=O)OC[C@@H](N[P@]1(=O)OC[C@H]2O[C@@H](n3cnc4c(N)ncnc43)[C@](C)(Cl)[C@@H]2O1)C(C)C. The van der Waals surface area contributed by atoms with Crippen LogP contribution in [0.25, 0.3) is 11.2 Å². The molecule has 0 spiro atoms. The van der Waals surface area contributed by atoms with Crippen molar-refractivity contribution in [2.24, 2.45) is 11.8 Å². The number of rotatable bonds is 7. The van der Waals surface area contributed by atoms with E-state index in [0.29, 0.717) is 11.2 Å². The maximum Gasteiger partial charge on any atom is 0.406 e. The summed E-state index contributed by atoms with van der Waals surface area (Å²) in [5, 5.41) is 2.93. The number of carbonyl (C=O) groups is 1. The van der Waals surface area contributed by atoms with E-state index in [9.17, 15) is 9.36 Å². The minimum atomic E-state index is -3.79. The first-order chi connectivity index (χ1) is 15.9. The van der Waals surface area contributed by atoms with Gasteiger partial charge in [0.15, 0.2) is 17.7 Å². The number of nitrogen functional groups attached to an aromatic ring is 1. The van der Waals surface area contributed by atoms with Gasteiger partial charge in [0.25, 0.3) is 0 Å². The summed E-state index contributed by atoms with van der Waals surface area (Å²) in [7, 11) is -3.79. The summed E-state index contributed by atoms with van der Waals surface area (Å²) in [4.78, 5) is 23.2. The van der Waals surface area contributed by atoms with Gasteiger partial charge < -0.3 is 15.2 Å². The average molecular weight is 517 g/mol. The molecule has 0 bridgehead atoms. The normalized spacial score (nSPS) is 32.3. The number of halogens is 1. The van der Waals surface area contributed by atoms with Gasteiger partial charge in [-0.3, -0.25) is 18.4 Å². The molecule has 0 radical (unpaired) electrons. The lowest BCUT2D eigenvalue weighted by Gasteiger charge is -2.37. The van der Waals surface area contributed by atoms with Crippen molar-refractivity contribution in [1.82, 2.24) is 24.6 Å². The zero-order valence-electron chi connectivity index (χ0n) is 19.7. The summed E-state index contributed by atoms with van der Waals surface area (Å²) in [6.07, 6.45) is 0.762. The highest BCUT2D eigenvalue weighted by molar-refractivity contribution is 7.51. The van der Waals surface area contributed by atoms with Gasteiger partial charge in [-0.25, -0.2) is 24.6 Å². The second-order valence-electron chi connectivity index (χ2n) is 9.34. The van der Waals surface area contributed by atoms with Crippen molar-refractivity contribution in [2.75, 3.05) is 18.9 Å². The molecule has 0 saturated carbocycles. The van der Waals surface area contributed by atoms with E-state index in [1.165, 1.54) is 12.7 Å². The molecule has 4 rings (SSSR count). The number of nitrogens with zero attached hydrogens (tertiary/aromatic N) is 4. The summed E-state index contributed by atoms with van der Waals surface area (Å²) in [6, 6.07) is -0.456. The first-order valence-corrected chi connectivity index (χ1v) is 13.0. The minimum Gasteiger partial charge on any atom is -0.464 e. The van der Waals surface area contributed by atoms with E-state index in [4.69, 9.17) is 35.9 Å². The molecule has 2 fully saturated rings. The molecule has 3 N–H and O–H groups in total. The third-order valence-corrected chi connectivity index (χ3v) is 8.03. The second-order valence-corrected chi connectivity index (χ2v) is 11.9. The molecule has 14 heteroatoms. The number of aromatic nitrogens is 4. The summed E-state index contributed by atoms with van der Waals surface area (Å²) < 4.78 is 38.2. The Balaban J connectivity index is 1.52. The Hall–Kier alpha value is -1.82. The Morgan fingerprint density at radius 2 is 2.12 bits per heavy atom. The number of fused-ring (bicyclic) bond motifs is 2. The number of nitrogens with one attached hydrogen (secondary N) is 1. The van der Waals surface area contributed by atoms with Crippen LogP contribution < -0.4 is 10.8 Å². The first kappa shape index (κ1) is 25.3. The maximum absolute atomic E-state index is 13.5. The molecular formula is C20H30ClN6O6P. The van der Waals surface area contributed by atoms with Crippen molar-refractivity contribution >= 4 is 42.3 Å². The predicted molar refractivity (Wildman–Crippen MR) is 124 cm³/mol. The topological polar surface area (TPSA) is 153 Å². The van der Waals surface area contributed by atoms with Crippen LogP contribution in [-0.2, 0) is 27.9 Å². The number of hydrogen-bond donors (Lipinski definition) is 2. The molecule has 0 unspecified atom stereocenters. The van der Waals surface area contributed by atoms with E-state index in [1.807, 2.05) is 13.8 Å². The van der Waals surface area contributed by atoms with E-state index < -0.39 is 37.1 Å². The van der Waals surface area contributed by atoms with Gasteiger partial charge in [-0.05, 0) is 12.8 Å². The highest BCUT2D eigenvalue weighted by Crippen LogP contribution is 2.58. The highest BCUT2D eigenvalue weighted by Gasteiger charge is 2.60. The minimum absolute atomic E-state index is 0.00585. The van der Waals surface area contributed by atoms with Crippen LogP contribution in [0.3, 0.4) is 0 Å². The average Bonchev–Trinajstić information content (AvgIpc) is 3.30. The second kappa shape index (κ2) is 9.33. The monoisotopic (exact) mass is 516 g/mol. The molecule has 6 atom stereocenters. The number of alkyl halides is 1. The van der Waals surface area contributed by atoms with Gasteiger partial charge in [0.1, 0.15) is 35.5 Å². The third-order valence-electron chi connectivity index (χ3n) is 5.99. The van der Waals surface area contributed by atoms with Crippen LogP contribution >= 0.6 is 19.3 Å². The molecule has 2 aliphatic rings. The number of nitrogens with two attached hydrogens (primary N) is 1. The maximum atomic E-state index is 13.5. The fourth-order valence-electron chi connectivity index (χ4n) is 3.89. The van der Waals surface area contributed by atoms with Crippen molar-refractivity contribution in [3.05, 3.63) is 12.7 Å². The first-order valence-electron chi connectivity index (χ1n) is 11.1. The van der Waals surface area contributed by atoms with Crippen molar-refractivity contribution in [3.63, 3.8) is 0 Å². The van der Waals surface area contributed by atoms with Gasteiger partial charge in [-0.2, -0.15) is 0 Å². The smallest absolute Gasteiger partial charge is 0.406 e. The zero-order chi connectivity index (χ0) is 24.8. The van der Waals surface area contributed by atoms with Crippen molar-refractivity contribution in [1.29, 1.82) is 0 Å². The Bertz CT molecular complexity index is 1110. The molecule has 2 saturated heterocycles. The summed E-state index contributed by atoms with van der Waals surface area (Å²) in [6.45, 7) is 9.08. The number of anilines is 1. The van der Waals surface area contributed by atoms with Gasteiger partial charge in [-0.1, -0.05) is 27.7 Å². The molecule has 2 aromatic heterocycles. The summed E-state index contributed by atoms with van der Waals surface area (Å²) >= 11 is 6.96. The lowest BCUT2D eigenvalue weighted by Crippen LogP contribution is -2.47. The Labute approximate surface area is 202 Å². The van der Waals surface area contributed by atoms with Crippen LogP contribution in [-0.4, -0.2) is 61.8 Å². The van der Waals surface area contributed by atoms with E-state index in [1.54, 1.807) is 25.3 Å². The lowest BCUT2D eigenvalue weighted by atomic mass is 10.0. The van der Waals surface area contributed by atoms with E-state index in [2.05, 4.69) is 20.0 Å². The fourth-order valence-corrected chi connectivity index (χ4v) is 6.27. The highest BCUT2D eigenvalue weighted by atomic mass is 35.5. The molecule has 34 heavy (non-hydrogen) atoms. The molecule has 2 aliphatic heterocycles. The van der Waals surface area contributed by atoms with Gasteiger partial charge >= 0.3 is 13.7 Å². The van der Waals surface area contributed by atoms with E-state index in [-0.39, 0.29) is 36.8 Å². The Morgan fingerprint density at radius 1 is 1.38 bits per heavy atom. The largest absolute Gasteiger partial charge is 0.464 e. The van der Waals surface area contributed by atoms with Gasteiger partial charge in [-0.15, -0.1) is 11.6 Å². The van der Waals surface area contributed by atoms with Crippen molar-refractivity contribution < 1.29 is 27.9 Å². The van der Waals surface area contributed by atoms with E-state index in [0.717, 1.165) is 0 Å². The molecule has 4 heterocycles. The van der Waals surface area contributed by atoms with Crippen LogP contribution in [0.4, 0.5) is 5.82 Å². The van der Waals surface area contributed by atoms with Crippen LogP contribution in [0, 0.1) is 11.8 Å². The number of carbonyl (C=O) groups excluding carboxylic acids is 1. The van der Waals surface area contributed by atoms with Crippen LogP contribution in [0.1, 0.15) is 40.8 Å². The van der Waals surface area contributed by atoms with Crippen LogP contribution in [0.15, 0.2) is 12.7 Å². The number of imidazole rings is 1. The molecule has 0 aliphatic carbocycles. The fraction of sp³-hybridized carbons (Fsp3) is 0.700. The number of esters is 1. The molecular weight excluding hydrogens is 487 g/mol. The third kappa shape index (κ3) is 4.67. The lowest BCUT2D eigenvalue weighted by molar-refractivity contribution is -0.148. The van der Waals surface area contributed by atoms with Crippen LogP contribution in [0.2, 0.25) is 0 Å². The standard InChI is InChI=1S/C20H30ClN6O6P/c1-10(2)12(6-30-18(28)11(3)4)26-34(29)31-7-13-15(33-34)20(5,21)19(32-13)27-9-25-14-16(22)23-8-24-17(14)27/h8-13,15,19H,6-7H2,1-5H3,(H,26,29)(H2,22,23,24)/t12-,13-,15-,19-,20-,34+/m1/s1. The van der Waals surface area contributed by atoms with E-state index >= 15 is 0 Å². The molecule has 188 valence electrons. The zero-order valence-corrected chi connectivity index (χ0v) is 21.3. The Morgan fingerprint density at radius 3 is 2.79 bits per heavy atom. The van der Waals surface area contributed by atoms with Crippen molar-refractivity contribution in [3.8, 4) is 0 Å². The molecule has 0 amide bonds. The summed E-state index contributed by atoms with van der Waals surface area (Å²) in [5.74, 6) is -0.389. The molecule has 0 aromatic carbocycles. The predicted octanol–water partition coefficient (Wildman–Crippen LogP) is 2.64. The Kier molecular flexibility index (Phi) is 6.93. The number of hydrogen-bond acceptors (Lipinski definition) is 10. The van der Waals surface area contributed by atoms with Gasteiger partial charge in [0.2, 0.25) is 0 Å². The van der Waals surface area contributed by atoms with Gasteiger partial charge in [0.05, 0.1) is 24.9 Å². The molecule has 12 nitrogen and oxygen atoms in total. The summed E-state index contributed by atoms with van der Waals surface area (Å²) in [5.41, 5.74) is 6.78. The molecule has 2 aromatic rings. The quantitative estimate of drug-likeness (QED) is 0.317. The number of ether oxygens (including phenoxy) is 2.